The molecule has 94 valence electrons. The zero-order valence-electron chi connectivity index (χ0n) is 10.9. The summed E-state index contributed by atoms with van der Waals surface area (Å²) >= 11 is 0. The monoisotopic (exact) mass is 236 g/mol. The molecule has 0 aliphatic heterocycles. The first-order valence-corrected chi connectivity index (χ1v) is 5.83. The third-order valence-corrected chi connectivity index (χ3v) is 2.87. The number of ketones is 1. The summed E-state index contributed by atoms with van der Waals surface area (Å²) in [5.41, 5.74) is 0.357. The fraction of sp³-hybridized carbons (Fsp3) is 0.538. The van der Waals surface area contributed by atoms with Crippen molar-refractivity contribution in [2.24, 2.45) is 0 Å². The summed E-state index contributed by atoms with van der Waals surface area (Å²) in [5, 5.41) is 2.94. The first kappa shape index (κ1) is 13.5. The van der Waals surface area contributed by atoms with Gasteiger partial charge in [0.05, 0.1) is 5.69 Å². The number of carbonyl (C=O) groups is 2. The van der Waals surface area contributed by atoms with Crippen molar-refractivity contribution in [2.75, 3.05) is 0 Å². The lowest BCUT2D eigenvalue weighted by molar-refractivity contribution is -0.123. The van der Waals surface area contributed by atoms with Gasteiger partial charge in [-0.05, 0) is 32.4 Å². The maximum absolute atomic E-state index is 11.8. The van der Waals surface area contributed by atoms with Crippen molar-refractivity contribution >= 4 is 11.7 Å². The molecule has 0 aliphatic rings. The second-order valence-electron chi connectivity index (χ2n) is 4.86. The number of nitrogens with zero attached hydrogens (tertiary/aromatic N) is 1. The molecule has 1 aromatic heterocycles. The molecule has 0 saturated carbocycles. The summed E-state index contributed by atoms with van der Waals surface area (Å²) < 4.78 is 1.67. The van der Waals surface area contributed by atoms with Crippen molar-refractivity contribution in [1.82, 2.24) is 9.88 Å². The van der Waals surface area contributed by atoms with Gasteiger partial charge in [-0.3, -0.25) is 9.59 Å². The largest absolute Gasteiger partial charge is 0.350 e. The molecule has 1 heterocycles. The second kappa shape index (κ2) is 5.17. The van der Waals surface area contributed by atoms with Crippen LogP contribution in [0, 0.1) is 0 Å². The van der Waals surface area contributed by atoms with E-state index in [9.17, 15) is 9.59 Å². The molecule has 1 rings (SSSR count). The third-order valence-electron chi connectivity index (χ3n) is 2.87. The minimum atomic E-state index is -0.208. The average molecular weight is 236 g/mol. The van der Waals surface area contributed by atoms with Crippen molar-refractivity contribution in [1.29, 1.82) is 0 Å². The van der Waals surface area contributed by atoms with E-state index in [1.165, 1.54) is 6.92 Å². The lowest BCUT2D eigenvalue weighted by Gasteiger charge is -2.24. The molecule has 1 amide bonds. The lowest BCUT2D eigenvalue weighted by Crippen LogP contribution is -2.44. The Morgan fingerprint density at radius 3 is 2.59 bits per heavy atom. The van der Waals surface area contributed by atoms with Crippen LogP contribution in [-0.4, -0.2) is 21.8 Å². The number of amides is 1. The zero-order chi connectivity index (χ0) is 13.1. The van der Waals surface area contributed by atoms with E-state index < -0.39 is 0 Å². The van der Waals surface area contributed by atoms with Crippen LogP contribution < -0.4 is 5.32 Å². The van der Waals surface area contributed by atoms with E-state index in [2.05, 4.69) is 5.32 Å². The first-order valence-electron chi connectivity index (χ1n) is 5.83. The van der Waals surface area contributed by atoms with Crippen LogP contribution in [0.4, 0.5) is 0 Å². The Hall–Kier alpha value is -1.58. The molecule has 17 heavy (non-hydrogen) atoms. The quantitative estimate of drug-likeness (QED) is 0.795. The molecular formula is C13H20N2O2. The maximum atomic E-state index is 11.8. The predicted molar refractivity (Wildman–Crippen MR) is 66.9 cm³/mol. The Morgan fingerprint density at radius 2 is 2.06 bits per heavy atom. The average Bonchev–Trinajstić information content (AvgIpc) is 2.65. The Bertz CT molecular complexity index is 419. The van der Waals surface area contributed by atoms with Gasteiger partial charge in [-0.15, -0.1) is 0 Å². The summed E-state index contributed by atoms with van der Waals surface area (Å²) in [6.45, 7) is 7.67. The molecule has 0 aliphatic carbocycles. The molecule has 0 radical (unpaired) electrons. The summed E-state index contributed by atoms with van der Waals surface area (Å²) in [7, 11) is 0. The normalized spacial score (nSPS) is 11.3. The van der Waals surface area contributed by atoms with E-state index in [-0.39, 0.29) is 23.8 Å². The molecule has 0 saturated heterocycles. The number of carbonyl (C=O) groups excluding carboxylic acids is 2. The predicted octanol–water partition coefficient (Wildman–Crippen LogP) is 2.00. The van der Waals surface area contributed by atoms with Crippen LogP contribution in [-0.2, 0) is 11.3 Å². The molecule has 4 nitrogen and oxygen atoms in total. The van der Waals surface area contributed by atoms with Gasteiger partial charge in [0.2, 0.25) is 5.91 Å². The second-order valence-corrected chi connectivity index (χ2v) is 4.86. The molecule has 4 heteroatoms. The van der Waals surface area contributed by atoms with Crippen LogP contribution in [0.5, 0.6) is 0 Å². The van der Waals surface area contributed by atoms with Gasteiger partial charge in [0, 0.05) is 18.7 Å². The van der Waals surface area contributed by atoms with E-state index in [1.807, 2.05) is 20.8 Å². The molecule has 0 aromatic carbocycles. The number of nitrogens with one attached hydrogen (secondary N) is 1. The molecular weight excluding hydrogens is 216 g/mol. The Morgan fingerprint density at radius 1 is 1.41 bits per heavy atom. The molecule has 0 unspecified atom stereocenters. The smallest absolute Gasteiger partial charge is 0.240 e. The third kappa shape index (κ3) is 3.73. The fourth-order valence-corrected chi connectivity index (χ4v) is 1.53. The van der Waals surface area contributed by atoms with Crippen LogP contribution in [0.15, 0.2) is 18.3 Å². The first-order chi connectivity index (χ1) is 7.85. The number of rotatable bonds is 5. The summed E-state index contributed by atoms with van der Waals surface area (Å²) in [5.74, 6) is -0.104. The van der Waals surface area contributed by atoms with Gasteiger partial charge in [0.1, 0.15) is 6.54 Å². The van der Waals surface area contributed by atoms with Crippen LogP contribution in [0.3, 0.4) is 0 Å². The van der Waals surface area contributed by atoms with Crippen LogP contribution in [0.1, 0.15) is 44.6 Å². The highest BCUT2D eigenvalue weighted by atomic mass is 16.2. The van der Waals surface area contributed by atoms with Gasteiger partial charge in [-0.2, -0.15) is 0 Å². The number of hydrogen-bond acceptors (Lipinski definition) is 2. The van der Waals surface area contributed by atoms with Crippen LogP contribution >= 0.6 is 0 Å². The van der Waals surface area contributed by atoms with Crippen LogP contribution in [0.25, 0.3) is 0 Å². The van der Waals surface area contributed by atoms with Gasteiger partial charge in [0.15, 0.2) is 5.78 Å². The standard InChI is InChI=1S/C13H20N2O2/c1-5-13(3,4)14-12(17)9-15-8-6-7-11(15)10(2)16/h6-8H,5,9H2,1-4H3,(H,14,17). The van der Waals surface area contributed by atoms with Gasteiger partial charge in [-0.1, -0.05) is 6.92 Å². The minimum absolute atomic E-state index is 0.0300. The van der Waals surface area contributed by atoms with E-state index in [1.54, 1.807) is 22.9 Å². The number of Topliss-reactive ketones (excluding diaryl/α,β-unsaturated/α-hetero) is 1. The van der Waals surface area contributed by atoms with E-state index >= 15 is 0 Å². The van der Waals surface area contributed by atoms with Crippen LogP contribution in [0.2, 0.25) is 0 Å². The highest BCUT2D eigenvalue weighted by molar-refractivity contribution is 5.93. The van der Waals surface area contributed by atoms with Gasteiger partial charge >= 0.3 is 0 Å². The SMILES string of the molecule is CCC(C)(C)NC(=O)Cn1cccc1C(C)=O. The number of aromatic nitrogens is 1. The maximum Gasteiger partial charge on any atom is 0.240 e. The summed E-state index contributed by atoms with van der Waals surface area (Å²) in [6.07, 6.45) is 2.61. The Kier molecular flexibility index (Phi) is 4.10. The summed E-state index contributed by atoms with van der Waals surface area (Å²) in [4.78, 5) is 23.1. The van der Waals surface area contributed by atoms with Crippen molar-refractivity contribution in [3.8, 4) is 0 Å². The van der Waals surface area contributed by atoms with Crippen molar-refractivity contribution in [3.63, 3.8) is 0 Å². The highest BCUT2D eigenvalue weighted by Crippen LogP contribution is 2.08. The molecule has 1 N–H and O–H groups in total. The Labute approximate surface area is 102 Å². The summed E-state index contributed by atoms with van der Waals surface area (Å²) in [6, 6.07) is 3.50. The van der Waals surface area contributed by atoms with E-state index in [0.717, 1.165) is 6.42 Å². The highest BCUT2D eigenvalue weighted by Gasteiger charge is 2.18. The van der Waals surface area contributed by atoms with Gasteiger partial charge < -0.3 is 9.88 Å². The minimum Gasteiger partial charge on any atom is -0.350 e. The molecule has 0 atom stereocenters. The lowest BCUT2D eigenvalue weighted by atomic mass is 10.0. The molecule has 0 bridgehead atoms. The van der Waals surface area contributed by atoms with Crippen molar-refractivity contribution in [3.05, 3.63) is 24.0 Å². The van der Waals surface area contributed by atoms with Crippen molar-refractivity contribution < 1.29 is 9.59 Å². The molecule has 0 fully saturated rings. The van der Waals surface area contributed by atoms with E-state index in [0.29, 0.717) is 5.69 Å². The molecule has 1 aromatic rings. The topological polar surface area (TPSA) is 51.1 Å². The number of hydrogen-bond donors (Lipinski definition) is 1. The Balaban J connectivity index is 2.69. The van der Waals surface area contributed by atoms with E-state index in [4.69, 9.17) is 0 Å². The zero-order valence-corrected chi connectivity index (χ0v) is 10.9. The van der Waals surface area contributed by atoms with Gasteiger partial charge in [-0.25, -0.2) is 0 Å². The fourth-order valence-electron chi connectivity index (χ4n) is 1.53. The molecule has 0 spiro atoms. The van der Waals surface area contributed by atoms with Crippen molar-refractivity contribution in [2.45, 2.75) is 46.2 Å². The van der Waals surface area contributed by atoms with Gasteiger partial charge in [0.25, 0.3) is 0 Å².